The average molecular weight is 477 g/mol. The van der Waals surface area contributed by atoms with Crippen molar-refractivity contribution in [2.75, 3.05) is 11.3 Å². The number of nitrogens with zero attached hydrogens (tertiary/aromatic N) is 1. The molecule has 1 amide bonds. The van der Waals surface area contributed by atoms with E-state index in [-0.39, 0.29) is 38.9 Å². The lowest BCUT2D eigenvalue weighted by atomic mass is 10.0. The fourth-order valence-electron chi connectivity index (χ4n) is 3.76. The van der Waals surface area contributed by atoms with E-state index in [9.17, 15) is 22.0 Å². The first kappa shape index (κ1) is 22.2. The zero-order chi connectivity index (χ0) is 22.9. The molecule has 0 bridgehead atoms. The lowest BCUT2D eigenvalue weighted by molar-refractivity contribution is 0.0735. The van der Waals surface area contributed by atoms with E-state index in [0.29, 0.717) is 6.54 Å². The molecule has 166 valence electrons. The van der Waals surface area contributed by atoms with Gasteiger partial charge in [0.2, 0.25) is 0 Å². The Morgan fingerprint density at radius 3 is 2.25 bits per heavy atom. The number of amides is 1. The largest absolute Gasteiger partial charge is 0.332 e. The molecular weight excluding hydrogens is 458 g/mol. The van der Waals surface area contributed by atoms with Crippen LogP contribution in [0.3, 0.4) is 0 Å². The summed E-state index contributed by atoms with van der Waals surface area (Å²) in [4.78, 5) is 14.8. The van der Waals surface area contributed by atoms with Gasteiger partial charge < -0.3 is 4.90 Å². The molecule has 0 aromatic heterocycles. The van der Waals surface area contributed by atoms with Gasteiger partial charge in [0, 0.05) is 12.1 Å². The van der Waals surface area contributed by atoms with E-state index in [1.807, 2.05) is 0 Å². The minimum atomic E-state index is -4.03. The molecule has 1 atom stereocenters. The molecule has 1 aliphatic rings. The summed E-state index contributed by atoms with van der Waals surface area (Å²) in [6, 6.07) is 14.6. The summed E-state index contributed by atoms with van der Waals surface area (Å²) < 4.78 is 54.1. The van der Waals surface area contributed by atoms with Crippen molar-refractivity contribution in [3.63, 3.8) is 0 Å². The summed E-state index contributed by atoms with van der Waals surface area (Å²) >= 11 is 6.17. The number of benzene rings is 3. The van der Waals surface area contributed by atoms with Crippen molar-refractivity contribution in [1.29, 1.82) is 0 Å². The monoisotopic (exact) mass is 476 g/mol. The van der Waals surface area contributed by atoms with Gasteiger partial charge in [-0.3, -0.25) is 9.52 Å². The van der Waals surface area contributed by atoms with Crippen LogP contribution in [0.2, 0.25) is 5.02 Å². The Balaban J connectivity index is 1.59. The zero-order valence-electron chi connectivity index (χ0n) is 16.8. The molecule has 4 rings (SSSR count). The molecule has 1 unspecified atom stereocenters. The van der Waals surface area contributed by atoms with Gasteiger partial charge >= 0.3 is 0 Å². The Morgan fingerprint density at radius 2 is 1.59 bits per heavy atom. The summed E-state index contributed by atoms with van der Waals surface area (Å²) in [6.07, 6.45) is 1.54. The number of rotatable bonds is 5. The predicted molar refractivity (Wildman–Crippen MR) is 118 cm³/mol. The molecule has 0 saturated carbocycles. The van der Waals surface area contributed by atoms with Gasteiger partial charge in [-0.05, 0) is 73.0 Å². The molecule has 1 fully saturated rings. The van der Waals surface area contributed by atoms with E-state index < -0.39 is 15.8 Å². The topological polar surface area (TPSA) is 66.5 Å². The minimum absolute atomic E-state index is 0.0411. The molecule has 5 nitrogen and oxygen atoms in total. The number of halogens is 3. The van der Waals surface area contributed by atoms with Crippen LogP contribution in [0.25, 0.3) is 0 Å². The van der Waals surface area contributed by atoms with Gasteiger partial charge in [-0.2, -0.15) is 0 Å². The standard InChI is InChI=1S/C23H19ClF2N2O3S/c24-20-12-5-16(14-21(20)27-32(30,31)19-10-8-18(26)9-11-19)23(29)28-13-1-2-22(28)15-3-6-17(25)7-4-15/h3-12,14,22,27H,1-2,13H2. The lowest BCUT2D eigenvalue weighted by Crippen LogP contribution is -2.30. The summed E-state index contributed by atoms with van der Waals surface area (Å²) in [5.41, 5.74) is 1.14. The Bertz CT molecular complexity index is 1250. The second-order valence-corrected chi connectivity index (χ2v) is 9.55. The molecule has 32 heavy (non-hydrogen) atoms. The van der Waals surface area contributed by atoms with Gasteiger partial charge in [-0.25, -0.2) is 17.2 Å². The van der Waals surface area contributed by atoms with E-state index in [1.54, 1.807) is 17.0 Å². The number of hydrogen-bond donors (Lipinski definition) is 1. The lowest BCUT2D eigenvalue weighted by Gasteiger charge is -2.25. The molecular formula is C23H19ClF2N2O3S. The Hall–Kier alpha value is -2.97. The second kappa shape index (κ2) is 8.88. The van der Waals surface area contributed by atoms with Crippen LogP contribution in [0.1, 0.15) is 34.8 Å². The number of likely N-dealkylation sites (tertiary alicyclic amines) is 1. The second-order valence-electron chi connectivity index (χ2n) is 7.46. The van der Waals surface area contributed by atoms with Crippen molar-refractivity contribution in [3.8, 4) is 0 Å². The minimum Gasteiger partial charge on any atom is -0.332 e. The zero-order valence-corrected chi connectivity index (χ0v) is 18.3. The molecule has 0 radical (unpaired) electrons. The number of sulfonamides is 1. The molecule has 1 saturated heterocycles. The summed E-state index contributed by atoms with van der Waals surface area (Å²) in [5, 5.41) is 0.115. The molecule has 9 heteroatoms. The number of hydrogen-bond acceptors (Lipinski definition) is 3. The first-order valence-electron chi connectivity index (χ1n) is 9.89. The van der Waals surface area contributed by atoms with Crippen LogP contribution in [0.4, 0.5) is 14.5 Å². The maximum absolute atomic E-state index is 13.3. The Kier molecular flexibility index (Phi) is 6.17. The molecule has 1 heterocycles. The highest BCUT2D eigenvalue weighted by atomic mass is 35.5. The van der Waals surface area contributed by atoms with Crippen LogP contribution in [0.15, 0.2) is 71.6 Å². The molecule has 1 N–H and O–H groups in total. The van der Waals surface area contributed by atoms with E-state index >= 15 is 0 Å². The van der Waals surface area contributed by atoms with E-state index in [1.165, 1.54) is 30.3 Å². The van der Waals surface area contributed by atoms with Crippen molar-refractivity contribution in [1.82, 2.24) is 4.90 Å². The number of carbonyl (C=O) groups excluding carboxylic acids is 1. The highest BCUT2D eigenvalue weighted by Crippen LogP contribution is 2.34. The fraction of sp³-hybridized carbons (Fsp3) is 0.174. The number of nitrogens with one attached hydrogen (secondary N) is 1. The van der Waals surface area contributed by atoms with Gasteiger partial charge in [0.25, 0.3) is 15.9 Å². The molecule has 3 aromatic carbocycles. The molecule has 0 aliphatic carbocycles. The Morgan fingerprint density at radius 1 is 0.969 bits per heavy atom. The maximum Gasteiger partial charge on any atom is 0.261 e. The third-order valence-electron chi connectivity index (χ3n) is 5.35. The van der Waals surface area contributed by atoms with Crippen molar-refractivity contribution in [2.24, 2.45) is 0 Å². The first-order valence-corrected chi connectivity index (χ1v) is 11.7. The summed E-state index contributed by atoms with van der Waals surface area (Å²) in [6.45, 7) is 0.528. The van der Waals surface area contributed by atoms with Crippen molar-refractivity contribution >= 4 is 33.2 Å². The third-order valence-corrected chi connectivity index (χ3v) is 7.06. The predicted octanol–water partition coefficient (Wildman–Crippen LogP) is 5.40. The number of anilines is 1. The van der Waals surface area contributed by atoms with Crippen LogP contribution < -0.4 is 4.72 Å². The van der Waals surface area contributed by atoms with Gasteiger partial charge in [-0.15, -0.1) is 0 Å². The third kappa shape index (κ3) is 4.61. The van der Waals surface area contributed by atoms with E-state index in [0.717, 1.165) is 42.7 Å². The first-order chi connectivity index (χ1) is 15.2. The van der Waals surface area contributed by atoms with Crippen LogP contribution >= 0.6 is 11.6 Å². The van der Waals surface area contributed by atoms with E-state index in [2.05, 4.69) is 4.72 Å². The molecule has 3 aromatic rings. The van der Waals surface area contributed by atoms with Crippen molar-refractivity contribution in [2.45, 2.75) is 23.8 Å². The number of carbonyl (C=O) groups is 1. The highest BCUT2D eigenvalue weighted by Gasteiger charge is 2.31. The maximum atomic E-state index is 13.3. The van der Waals surface area contributed by atoms with Gasteiger partial charge in [-0.1, -0.05) is 23.7 Å². The molecule has 1 aliphatic heterocycles. The molecule has 0 spiro atoms. The summed E-state index contributed by atoms with van der Waals surface area (Å²) in [5.74, 6) is -1.19. The van der Waals surface area contributed by atoms with Crippen molar-refractivity contribution in [3.05, 3.63) is 94.5 Å². The van der Waals surface area contributed by atoms with Crippen LogP contribution in [-0.2, 0) is 10.0 Å². The fourth-order valence-corrected chi connectivity index (χ4v) is 5.05. The quantitative estimate of drug-likeness (QED) is 0.536. The normalized spacial score (nSPS) is 16.2. The van der Waals surface area contributed by atoms with Crippen LogP contribution in [-0.4, -0.2) is 25.8 Å². The SMILES string of the molecule is O=C(c1ccc(Cl)c(NS(=O)(=O)c2ccc(F)cc2)c1)N1CCCC1c1ccc(F)cc1. The van der Waals surface area contributed by atoms with Gasteiger partial charge in [0.15, 0.2) is 0 Å². The van der Waals surface area contributed by atoms with Crippen LogP contribution in [0.5, 0.6) is 0 Å². The van der Waals surface area contributed by atoms with Gasteiger partial charge in [0.1, 0.15) is 11.6 Å². The van der Waals surface area contributed by atoms with E-state index in [4.69, 9.17) is 11.6 Å². The van der Waals surface area contributed by atoms with Crippen LogP contribution in [0, 0.1) is 11.6 Å². The van der Waals surface area contributed by atoms with Crippen molar-refractivity contribution < 1.29 is 22.0 Å². The smallest absolute Gasteiger partial charge is 0.261 e. The summed E-state index contributed by atoms with van der Waals surface area (Å²) in [7, 11) is -4.03. The van der Waals surface area contributed by atoms with Gasteiger partial charge in [0.05, 0.1) is 21.6 Å². The average Bonchev–Trinajstić information content (AvgIpc) is 3.25. The Labute approximate surface area is 189 Å². The highest BCUT2D eigenvalue weighted by molar-refractivity contribution is 7.92.